The van der Waals surface area contributed by atoms with E-state index in [4.69, 9.17) is 9.84 Å². The number of ether oxygens (including phenoxy) is 1. The quantitative estimate of drug-likeness (QED) is 0.678. The SMILES string of the molecule is CCCCCNC(=O)COc1cccc(CC(=O)O)c1. The molecule has 5 nitrogen and oxygen atoms in total. The van der Waals surface area contributed by atoms with Gasteiger partial charge in [-0.3, -0.25) is 9.59 Å². The standard InChI is InChI=1S/C15H21NO4/c1-2-3-4-8-16-14(17)11-20-13-7-5-6-12(9-13)10-15(18)19/h5-7,9H,2-4,8,10-11H2,1H3,(H,16,17)(H,18,19). The minimum Gasteiger partial charge on any atom is -0.484 e. The van der Waals surface area contributed by atoms with Crippen molar-refractivity contribution in [1.29, 1.82) is 0 Å². The second-order valence-corrected chi connectivity index (χ2v) is 4.56. The highest BCUT2D eigenvalue weighted by molar-refractivity contribution is 5.77. The van der Waals surface area contributed by atoms with Crippen LogP contribution in [-0.2, 0) is 16.0 Å². The Morgan fingerprint density at radius 1 is 1.30 bits per heavy atom. The Morgan fingerprint density at radius 2 is 2.10 bits per heavy atom. The second-order valence-electron chi connectivity index (χ2n) is 4.56. The minimum atomic E-state index is -0.893. The van der Waals surface area contributed by atoms with Crippen LogP contribution in [0.3, 0.4) is 0 Å². The second kappa shape index (κ2) is 8.96. The van der Waals surface area contributed by atoms with Gasteiger partial charge in [-0.05, 0) is 24.1 Å². The molecular weight excluding hydrogens is 258 g/mol. The van der Waals surface area contributed by atoms with Gasteiger partial charge in [-0.2, -0.15) is 0 Å². The molecule has 20 heavy (non-hydrogen) atoms. The van der Waals surface area contributed by atoms with E-state index in [1.807, 2.05) is 0 Å². The number of rotatable bonds is 9. The monoisotopic (exact) mass is 279 g/mol. The Balaban J connectivity index is 2.33. The summed E-state index contributed by atoms with van der Waals surface area (Å²) in [6, 6.07) is 6.77. The number of hydrogen-bond donors (Lipinski definition) is 2. The first-order valence-corrected chi connectivity index (χ1v) is 6.82. The average Bonchev–Trinajstić information content (AvgIpc) is 2.41. The molecule has 0 aliphatic heterocycles. The summed E-state index contributed by atoms with van der Waals surface area (Å²) in [5.41, 5.74) is 0.651. The van der Waals surface area contributed by atoms with Crippen molar-refractivity contribution in [3.05, 3.63) is 29.8 Å². The van der Waals surface area contributed by atoms with Crippen molar-refractivity contribution in [2.75, 3.05) is 13.2 Å². The van der Waals surface area contributed by atoms with E-state index in [0.29, 0.717) is 17.9 Å². The van der Waals surface area contributed by atoms with Gasteiger partial charge in [0.25, 0.3) is 5.91 Å². The van der Waals surface area contributed by atoms with Crippen LogP contribution in [-0.4, -0.2) is 30.1 Å². The zero-order valence-corrected chi connectivity index (χ0v) is 11.7. The Morgan fingerprint density at radius 3 is 2.80 bits per heavy atom. The molecule has 110 valence electrons. The molecule has 0 spiro atoms. The van der Waals surface area contributed by atoms with E-state index in [1.165, 1.54) is 0 Å². The maximum Gasteiger partial charge on any atom is 0.307 e. The Labute approximate surface area is 118 Å². The highest BCUT2D eigenvalue weighted by Gasteiger charge is 2.04. The number of nitrogens with one attached hydrogen (secondary N) is 1. The van der Waals surface area contributed by atoms with Crippen molar-refractivity contribution < 1.29 is 19.4 Å². The van der Waals surface area contributed by atoms with Crippen LogP contribution >= 0.6 is 0 Å². The van der Waals surface area contributed by atoms with Crippen LogP contribution in [0.1, 0.15) is 31.7 Å². The molecule has 0 atom stereocenters. The summed E-state index contributed by atoms with van der Waals surface area (Å²) < 4.78 is 5.34. The number of carboxylic acids is 1. The maximum absolute atomic E-state index is 11.5. The van der Waals surface area contributed by atoms with Crippen molar-refractivity contribution in [3.8, 4) is 5.75 Å². The molecule has 2 N–H and O–H groups in total. The van der Waals surface area contributed by atoms with E-state index < -0.39 is 5.97 Å². The van der Waals surface area contributed by atoms with Gasteiger partial charge in [0.15, 0.2) is 6.61 Å². The topological polar surface area (TPSA) is 75.6 Å². The van der Waals surface area contributed by atoms with Gasteiger partial charge in [0.2, 0.25) is 0 Å². The predicted molar refractivity (Wildman–Crippen MR) is 75.8 cm³/mol. The van der Waals surface area contributed by atoms with E-state index in [1.54, 1.807) is 24.3 Å². The summed E-state index contributed by atoms with van der Waals surface area (Å²) in [4.78, 5) is 22.1. The largest absolute Gasteiger partial charge is 0.484 e. The van der Waals surface area contributed by atoms with Crippen molar-refractivity contribution in [1.82, 2.24) is 5.32 Å². The van der Waals surface area contributed by atoms with Crippen molar-refractivity contribution >= 4 is 11.9 Å². The Hall–Kier alpha value is -2.04. The summed E-state index contributed by atoms with van der Waals surface area (Å²) in [6.45, 7) is 2.72. The first-order valence-electron chi connectivity index (χ1n) is 6.82. The molecule has 0 heterocycles. The van der Waals surface area contributed by atoms with E-state index in [2.05, 4.69) is 12.2 Å². The molecule has 0 aromatic heterocycles. The van der Waals surface area contributed by atoms with Crippen molar-refractivity contribution in [2.45, 2.75) is 32.6 Å². The maximum atomic E-state index is 11.5. The highest BCUT2D eigenvalue weighted by atomic mass is 16.5. The fourth-order valence-corrected chi connectivity index (χ4v) is 1.72. The predicted octanol–water partition coefficient (Wildman–Crippen LogP) is 2.00. The van der Waals surface area contributed by atoms with Crippen LogP contribution in [0, 0.1) is 0 Å². The molecule has 0 saturated carbocycles. The molecule has 1 aromatic carbocycles. The number of unbranched alkanes of at least 4 members (excludes halogenated alkanes) is 2. The summed E-state index contributed by atoms with van der Waals surface area (Å²) in [5, 5.41) is 11.5. The molecule has 1 amide bonds. The van der Waals surface area contributed by atoms with Gasteiger partial charge < -0.3 is 15.2 Å². The van der Waals surface area contributed by atoms with Gasteiger partial charge in [0, 0.05) is 6.54 Å². The fraction of sp³-hybridized carbons (Fsp3) is 0.467. The number of amides is 1. The lowest BCUT2D eigenvalue weighted by atomic mass is 10.1. The van der Waals surface area contributed by atoms with E-state index >= 15 is 0 Å². The molecular formula is C15H21NO4. The Bertz CT molecular complexity index is 445. The van der Waals surface area contributed by atoms with Crippen LogP contribution in [0.2, 0.25) is 0 Å². The average molecular weight is 279 g/mol. The third-order valence-corrected chi connectivity index (χ3v) is 2.73. The number of carboxylic acid groups (broad SMARTS) is 1. The number of carbonyl (C=O) groups excluding carboxylic acids is 1. The number of carbonyl (C=O) groups is 2. The van der Waals surface area contributed by atoms with Gasteiger partial charge in [0.1, 0.15) is 5.75 Å². The molecule has 0 saturated heterocycles. The van der Waals surface area contributed by atoms with E-state index in [-0.39, 0.29) is 18.9 Å². The number of hydrogen-bond acceptors (Lipinski definition) is 3. The summed E-state index contributed by atoms with van der Waals surface area (Å²) in [6.07, 6.45) is 3.12. The van der Waals surface area contributed by atoms with E-state index in [9.17, 15) is 9.59 Å². The third kappa shape index (κ3) is 6.78. The molecule has 0 aliphatic carbocycles. The molecule has 0 aliphatic rings. The summed E-state index contributed by atoms with van der Waals surface area (Å²) in [7, 11) is 0. The smallest absolute Gasteiger partial charge is 0.307 e. The molecule has 5 heteroatoms. The summed E-state index contributed by atoms with van der Waals surface area (Å²) >= 11 is 0. The highest BCUT2D eigenvalue weighted by Crippen LogP contribution is 2.13. The van der Waals surface area contributed by atoms with Crippen LogP contribution in [0.25, 0.3) is 0 Å². The van der Waals surface area contributed by atoms with Crippen LogP contribution < -0.4 is 10.1 Å². The lowest BCUT2D eigenvalue weighted by Crippen LogP contribution is -2.29. The summed E-state index contributed by atoms with van der Waals surface area (Å²) in [5.74, 6) is -0.548. The molecule has 0 radical (unpaired) electrons. The molecule has 1 aromatic rings. The zero-order chi connectivity index (χ0) is 14.8. The van der Waals surface area contributed by atoms with Gasteiger partial charge in [-0.1, -0.05) is 31.9 Å². The third-order valence-electron chi connectivity index (χ3n) is 2.73. The normalized spacial score (nSPS) is 10.1. The molecule has 1 rings (SSSR count). The first kappa shape index (κ1) is 16.0. The van der Waals surface area contributed by atoms with Gasteiger partial charge in [0.05, 0.1) is 6.42 Å². The zero-order valence-electron chi connectivity index (χ0n) is 11.7. The molecule has 0 bridgehead atoms. The van der Waals surface area contributed by atoms with Crippen molar-refractivity contribution in [2.24, 2.45) is 0 Å². The lowest BCUT2D eigenvalue weighted by Gasteiger charge is -2.08. The van der Waals surface area contributed by atoms with Crippen LogP contribution in [0.5, 0.6) is 5.75 Å². The fourth-order valence-electron chi connectivity index (χ4n) is 1.72. The van der Waals surface area contributed by atoms with Crippen molar-refractivity contribution in [3.63, 3.8) is 0 Å². The number of benzene rings is 1. The minimum absolute atomic E-state index is 0.0529. The van der Waals surface area contributed by atoms with Crippen LogP contribution in [0.4, 0.5) is 0 Å². The van der Waals surface area contributed by atoms with Gasteiger partial charge in [-0.25, -0.2) is 0 Å². The lowest BCUT2D eigenvalue weighted by molar-refractivity contribution is -0.136. The molecule has 0 unspecified atom stereocenters. The van der Waals surface area contributed by atoms with Gasteiger partial charge >= 0.3 is 5.97 Å². The number of aliphatic carboxylic acids is 1. The molecule has 0 fully saturated rings. The van der Waals surface area contributed by atoms with E-state index in [0.717, 1.165) is 19.3 Å². The van der Waals surface area contributed by atoms with Crippen LogP contribution in [0.15, 0.2) is 24.3 Å². The van der Waals surface area contributed by atoms with Gasteiger partial charge in [-0.15, -0.1) is 0 Å². The Kier molecular flexibility index (Phi) is 7.17. The first-order chi connectivity index (χ1) is 9.61.